The van der Waals surface area contributed by atoms with E-state index in [2.05, 4.69) is 110 Å². The lowest BCUT2D eigenvalue weighted by Crippen LogP contribution is -2.29. The van der Waals surface area contributed by atoms with E-state index in [0.29, 0.717) is 11.8 Å². The average Bonchev–Trinajstić information content (AvgIpc) is 3.18. The molecule has 0 fully saturated rings. The second kappa shape index (κ2) is 5.94. The summed E-state index contributed by atoms with van der Waals surface area (Å²) in [6.45, 7) is 7.20. The summed E-state index contributed by atoms with van der Waals surface area (Å²) >= 11 is 3.76. The van der Waals surface area contributed by atoms with Gasteiger partial charge in [0, 0.05) is 16.3 Å². The number of fused-ring (bicyclic) bond motifs is 4. The summed E-state index contributed by atoms with van der Waals surface area (Å²) in [4.78, 5) is 0. The van der Waals surface area contributed by atoms with Crippen molar-refractivity contribution < 1.29 is 0 Å². The van der Waals surface area contributed by atoms with Crippen molar-refractivity contribution in [1.29, 1.82) is 0 Å². The standard InChI is InChI=1S/C26H23Br/c1-16-15-22-21(13-8-14-23(22)27)24(16)26(2,3)25-19-11-6-4-9-17(19)18-10-5-7-12-20(18)25/h4-15,24-25H,1-3H3. The van der Waals surface area contributed by atoms with Crippen molar-refractivity contribution in [3.05, 3.63) is 99.0 Å². The molecule has 0 bridgehead atoms. The molecule has 27 heavy (non-hydrogen) atoms. The Labute approximate surface area is 170 Å². The zero-order valence-corrected chi connectivity index (χ0v) is 17.5. The predicted octanol–water partition coefficient (Wildman–Crippen LogP) is 7.79. The lowest BCUT2D eigenvalue weighted by molar-refractivity contribution is 0.278. The highest BCUT2D eigenvalue weighted by Crippen LogP contribution is 2.60. The van der Waals surface area contributed by atoms with Gasteiger partial charge in [0.25, 0.3) is 0 Å². The van der Waals surface area contributed by atoms with E-state index in [9.17, 15) is 0 Å². The van der Waals surface area contributed by atoms with Crippen LogP contribution in [0.1, 0.15) is 54.9 Å². The van der Waals surface area contributed by atoms with Gasteiger partial charge in [-0.3, -0.25) is 0 Å². The van der Waals surface area contributed by atoms with Crippen LogP contribution in [0.4, 0.5) is 0 Å². The van der Waals surface area contributed by atoms with Crippen molar-refractivity contribution >= 4 is 22.0 Å². The Hall–Kier alpha value is -2.12. The average molecular weight is 415 g/mol. The molecule has 134 valence electrons. The topological polar surface area (TPSA) is 0 Å². The minimum atomic E-state index is 0.0648. The minimum absolute atomic E-state index is 0.0648. The number of benzene rings is 3. The first-order valence-corrected chi connectivity index (χ1v) is 10.4. The smallest absolute Gasteiger partial charge is 0.0250 e. The van der Waals surface area contributed by atoms with E-state index in [-0.39, 0.29) is 5.41 Å². The van der Waals surface area contributed by atoms with Gasteiger partial charge in [-0.05, 0) is 51.8 Å². The molecule has 5 rings (SSSR count). The monoisotopic (exact) mass is 414 g/mol. The molecule has 0 saturated carbocycles. The van der Waals surface area contributed by atoms with Gasteiger partial charge < -0.3 is 0 Å². The number of rotatable bonds is 2. The summed E-state index contributed by atoms with van der Waals surface area (Å²) in [7, 11) is 0. The summed E-state index contributed by atoms with van der Waals surface area (Å²) in [5.41, 5.74) is 10.1. The van der Waals surface area contributed by atoms with Crippen LogP contribution >= 0.6 is 15.9 Å². The Morgan fingerprint density at radius 2 is 1.26 bits per heavy atom. The van der Waals surface area contributed by atoms with Gasteiger partial charge in [-0.25, -0.2) is 0 Å². The maximum atomic E-state index is 3.76. The number of halogens is 1. The fraction of sp³-hybridized carbons (Fsp3) is 0.231. The van der Waals surface area contributed by atoms with Crippen molar-refractivity contribution in [3.63, 3.8) is 0 Å². The molecule has 1 atom stereocenters. The van der Waals surface area contributed by atoms with Crippen molar-refractivity contribution in [2.45, 2.75) is 32.6 Å². The molecule has 0 spiro atoms. The second-order valence-electron chi connectivity index (χ2n) is 8.49. The van der Waals surface area contributed by atoms with Crippen molar-refractivity contribution in [2.24, 2.45) is 5.41 Å². The quantitative estimate of drug-likeness (QED) is 0.401. The highest BCUT2D eigenvalue weighted by molar-refractivity contribution is 9.10. The molecule has 0 heterocycles. The van der Waals surface area contributed by atoms with Crippen LogP contribution in [-0.4, -0.2) is 0 Å². The number of hydrogen-bond acceptors (Lipinski definition) is 0. The fourth-order valence-corrected chi connectivity index (χ4v) is 6.12. The van der Waals surface area contributed by atoms with Crippen LogP contribution in [0.5, 0.6) is 0 Å². The first-order valence-electron chi connectivity index (χ1n) is 9.65. The van der Waals surface area contributed by atoms with Crippen LogP contribution in [0, 0.1) is 5.41 Å². The highest BCUT2D eigenvalue weighted by atomic mass is 79.9. The third-order valence-corrected chi connectivity index (χ3v) is 7.24. The molecule has 0 aliphatic heterocycles. The summed E-state index contributed by atoms with van der Waals surface area (Å²) in [6.07, 6.45) is 2.37. The Morgan fingerprint density at radius 3 is 1.89 bits per heavy atom. The van der Waals surface area contributed by atoms with Gasteiger partial charge in [0.2, 0.25) is 0 Å². The Morgan fingerprint density at radius 1 is 0.704 bits per heavy atom. The van der Waals surface area contributed by atoms with Crippen LogP contribution in [0.2, 0.25) is 0 Å². The Bertz CT molecular complexity index is 1040. The van der Waals surface area contributed by atoms with E-state index >= 15 is 0 Å². The van der Waals surface area contributed by atoms with E-state index in [1.54, 1.807) is 0 Å². The Kier molecular flexibility index (Phi) is 3.74. The molecule has 2 aliphatic carbocycles. The van der Waals surface area contributed by atoms with Gasteiger partial charge in [-0.1, -0.05) is 102 Å². The van der Waals surface area contributed by atoms with E-state index in [1.165, 1.54) is 43.4 Å². The lowest BCUT2D eigenvalue weighted by atomic mass is 9.63. The Balaban J connectivity index is 1.72. The van der Waals surface area contributed by atoms with Crippen LogP contribution in [0.25, 0.3) is 17.2 Å². The van der Waals surface area contributed by atoms with Crippen molar-refractivity contribution in [2.75, 3.05) is 0 Å². The number of allylic oxidation sites excluding steroid dienone is 1. The van der Waals surface area contributed by atoms with Crippen LogP contribution < -0.4 is 0 Å². The summed E-state index contributed by atoms with van der Waals surface area (Å²) < 4.78 is 1.20. The van der Waals surface area contributed by atoms with E-state index in [4.69, 9.17) is 0 Å². The molecule has 0 amide bonds. The minimum Gasteiger partial charge on any atom is -0.0646 e. The summed E-state index contributed by atoms with van der Waals surface area (Å²) in [6, 6.07) is 24.6. The molecule has 0 saturated heterocycles. The summed E-state index contributed by atoms with van der Waals surface area (Å²) in [5.74, 6) is 0.803. The normalized spacial score (nSPS) is 18.1. The molecule has 3 aromatic rings. The van der Waals surface area contributed by atoms with Gasteiger partial charge in [0.05, 0.1) is 0 Å². The van der Waals surface area contributed by atoms with E-state index in [1.807, 2.05) is 0 Å². The molecule has 1 unspecified atom stereocenters. The molecule has 3 aromatic carbocycles. The van der Waals surface area contributed by atoms with Gasteiger partial charge >= 0.3 is 0 Å². The zero-order chi connectivity index (χ0) is 18.8. The van der Waals surface area contributed by atoms with E-state index in [0.717, 1.165) is 0 Å². The molecule has 0 nitrogen and oxygen atoms in total. The fourth-order valence-electron chi connectivity index (χ4n) is 5.63. The van der Waals surface area contributed by atoms with Gasteiger partial charge in [0.15, 0.2) is 0 Å². The van der Waals surface area contributed by atoms with E-state index < -0.39 is 0 Å². The predicted molar refractivity (Wildman–Crippen MR) is 118 cm³/mol. The second-order valence-corrected chi connectivity index (χ2v) is 9.35. The summed E-state index contributed by atoms with van der Waals surface area (Å²) in [5, 5.41) is 0. The molecular formula is C26H23Br. The maximum Gasteiger partial charge on any atom is 0.0250 e. The van der Waals surface area contributed by atoms with Gasteiger partial charge in [0.1, 0.15) is 0 Å². The SMILES string of the molecule is CC1=Cc2c(Br)cccc2C1C(C)(C)C1c2ccccc2-c2ccccc21. The van der Waals surface area contributed by atoms with Crippen LogP contribution in [0.3, 0.4) is 0 Å². The molecule has 2 aliphatic rings. The van der Waals surface area contributed by atoms with Crippen LogP contribution in [0.15, 0.2) is 76.8 Å². The zero-order valence-electron chi connectivity index (χ0n) is 16.0. The van der Waals surface area contributed by atoms with Gasteiger partial charge in [-0.2, -0.15) is 0 Å². The lowest BCUT2D eigenvalue weighted by Gasteiger charge is -2.40. The van der Waals surface area contributed by atoms with Crippen molar-refractivity contribution in [1.82, 2.24) is 0 Å². The molecule has 0 aromatic heterocycles. The molecule has 0 N–H and O–H groups in total. The third kappa shape index (κ3) is 2.34. The highest BCUT2D eigenvalue weighted by Gasteiger charge is 2.46. The maximum absolute atomic E-state index is 3.76. The third-order valence-electron chi connectivity index (χ3n) is 6.55. The number of hydrogen-bond donors (Lipinski definition) is 0. The first-order chi connectivity index (χ1) is 13.0. The van der Waals surface area contributed by atoms with Gasteiger partial charge in [-0.15, -0.1) is 0 Å². The van der Waals surface area contributed by atoms with Crippen LogP contribution in [-0.2, 0) is 0 Å². The van der Waals surface area contributed by atoms with Crippen molar-refractivity contribution in [3.8, 4) is 11.1 Å². The largest absolute Gasteiger partial charge is 0.0646 e. The molecular weight excluding hydrogens is 392 g/mol. The molecule has 0 radical (unpaired) electrons. The molecule has 1 heteroatoms. The first kappa shape index (κ1) is 17.0.